The molecule has 0 saturated heterocycles. The van der Waals surface area contributed by atoms with Crippen molar-refractivity contribution >= 4 is 40.8 Å². The van der Waals surface area contributed by atoms with Crippen LogP contribution in [0.2, 0.25) is 5.02 Å². The quantitative estimate of drug-likeness (QED) is 0.347. The number of nitrogens with zero attached hydrogens (tertiary/aromatic N) is 2. The number of aryl methyl sites for hydroxylation is 1. The summed E-state index contributed by atoms with van der Waals surface area (Å²) in [5, 5.41) is 3.57. The van der Waals surface area contributed by atoms with Crippen molar-refractivity contribution in [3.8, 4) is 11.3 Å². The molecular weight excluding hydrogens is 426 g/mol. The molecule has 0 fully saturated rings. The third-order valence-corrected chi connectivity index (χ3v) is 6.33. The van der Waals surface area contributed by atoms with Crippen molar-refractivity contribution in [2.24, 2.45) is 0 Å². The molecule has 0 saturated carbocycles. The van der Waals surface area contributed by atoms with Gasteiger partial charge in [-0.3, -0.25) is 9.78 Å². The second kappa shape index (κ2) is 11.2. The van der Waals surface area contributed by atoms with Gasteiger partial charge in [-0.05, 0) is 85.8 Å². The molecule has 1 N–H and O–H groups in total. The lowest BCUT2D eigenvalue weighted by atomic mass is 10.1. The maximum absolute atomic E-state index is 12.8. The van der Waals surface area contributed by atoms with E-state index in [-0.39, 0.29) is 5.91 Å². The van der Waals surface area contributed by atoms with Crippen molar-refractivity contribution in [2.45, 2.75) is 33.6 Å². The molecule has 1 aromatic heterocycles. The number of pyridine rings is 1. The summed E-state index contributed by atoms with van der Waals surface area (Å²) in [4.78, 5) is 17.2. The summed E-state index contributed by atoms with van der Waals surface area (Å²) in [5.41, 5.74) is 5.07. The number of rotatable bonds is 9. The number of aromatic nitrogens is 1. The van der Waals surface area contributed by atoms with Crippen LogP contribution in [0.3, 0.4) is 0 Å². The number of hydrogen-bond donors (Lipinski definition) is 1. The van der Waals surface area contributed by atoms with Crippen molar-refractivity contribution in [3.05, 3.63) is 76.9 Å². The Labute approximate surface area is 194 Å². The summed E-state index contributed by atoms with van der Waals surface area (Å²) >= 11 is 8.21. The van der Waals surface area contributed by atoms with Gasteiger partial charge in [0.1, 0.15) is 0 Å². The number of anilines is 2. The Balaban J connectivity index is 1.74. The molecule has 162 valence electrons. The molecule has 0 aliphatic carbocycles. The van der Waals surface area contributed by atoms with E-state index in [1.54, 1.807) is 18.3 Å². The van der Waals surface area contributed by atoms with Gasteiger partial charge in [-0.1, -0.05) is 31.5 Å². The van der Waals surface area contributed by atoms with Gasteiger partial charge in [-0.15, -0.1) is 0 Å². The van der Waals surface area contributed by atoms with Crippen LogP contribution in [0.15, 0.2) is 60.8 Å². The van der Waals surface area contributed by atoms with E-state index < -0.39 is 0 Å². The normalized spacial score (nSPS) is 10.7. The smallest absolute Gasteiger partial charge is 0.255 e. The van der Waals surface area contributed by atoms with Crippen LogP contribution in [-0.4, -0.2) is 23.2 Å². The number of carbonyl (C=O) groups is 1. The molecule has 0 aliphatic heterocycles. The first-order chi connectivity index (χ1) is 15.0. The predicted octanol–water partition coefficient (Wildman–Crippen LogP) is 7.24. The molecule has 1 amide bonds. The zero-order valence-electron chi connectivity index (χ0n) is 18.2. The van der Waals surface area contributed by atoms with Gasteiger partial charge >= 0.3 is 0 Å². The van der Waals surface area contributed by atoms with Crippen LogP contribution >= 0.6 is 23.5 Å². The Bertz CT molecular complexity index is 1010. The minimum Gasteiger partial charge on any atom is -0.322 e. The standard InChI is InChI=1S/C25H28ClN3OS/c1-4-14-29(31-15-5-2)21-10-7-19(8-11-21)25(30)28-20-9-12-23(26)22(16-20)24-13-6-18(3)17-27-24/h6-13,16-17H,4-5,14-15H2,1-3H3,(H,28,30). The highest BCUT2D eigenvalue weighted by molar-refractivity contribution is 8.00. The Morgan fingerprint density at radius 1 is 1.06 bits per heavy atom. The molecule has 0 atom stereocenters. The van der Waals surface area contributed by atoms with Crippen LogP contribution in [0.5, 0.6) is 0 Å². The Morgan fingerprint density at radius 3 is 2.48 bits per heavy atom. The summed E-state index contributed by atoms with van der Waals surface area (Å²) in [7, 11) is 0. The molecular formula is C25H28ClN3OS. The highest BCUT2D eigenvalue weighted by Gasteiger charge is 2.12. The van der Waals surface area contributed by atoms with Crippen molar-refractivity contribution in [1.29, 1.82) is 0 Å². The predicted molar refractivity (Wildman–Crippen MR) is 134 cm³/mol. The Morgan fingerprint density at radius 2 is 1.84 bits per heavy atom. The first kappa shape index (κ1) is 23.2. The minimum absolute atomic E-state index is 0.153. The molecule has 0 spiro atoms. The van der Waals surface area contributed by atoms with E-state index in [2.05, 4.69) is 28.5 Å². The van der Waals surface area contributed by atoms with Crippen LogP contribution in [0.25, 0.3) is 11.3 Å². The van der Waals surface area contributed by atoms with Gasteiger partial charge in [-0.25, -0.2) is 0 Å². The van der Waals surface area contributed by atoms with E-state index in [9.17, 15) is 4.79 Å². The van der Waals surface area contributed by atoms with E-state index in [1.807, 2.05) is 61.3 Å². The molecule has 0 aliphatic rings. The average molecular weight is 454 g/mol. The van der Waals surface area contributed by atoms with Gasteiger partial charge in [0.2, 0.25) is 0 Å². The summed E-state index contributed by atoms with van der Waals surface area (Å²) in [6, 6.07) is 17.1. The second-order valence-electron chi connectivity index (χ2n) is 7.35. The number of benzene rings is 2. The molecule has 31 heavy (non-hydrogen) atoms. The van der Waals surface area contributed by atoms with Crippen molar-refractivity contribution in [3.63, 3.8) is 0 Å². The SMILES string of the molecule is CCCSN(CCC)c1ccc(C(=O)Nc2ccc(Cl)c(-c3ccc(C)cn3)c2)cc1. The maximum Gasteiger partial charge on any atom is 0.255 e. The maximum atomic E-state index is 12.8. The van der Waals surface area contributed by atoms with E-state index in [0.29, 0.717) is 16.3 Å². The fourth-order valence-electron chi connectivity index (χ4n) is 3.08. The molecule has 1 heterocycles. The lowest BCUT2D eigenvalue weighted by Crippen LogP contribution is -2.16. The largest absolute Gasteiger partial charge is 0.322 e. The van der Waals surface area contributed by atoms with Crippen LogP contribution in [0.1, 0.15) is 42.6 Å². The van der Waals surface area contributed by atoms with E-state index in [4.69, 9.17) is 11.6 Å². The number of halogens is 1. The lowest BCUT2D eigenvalue weighted by Gasteiger charge is -2.22. The van der Waals surface area contributed by atoms with E-state index >= 15 is 0 Å². The van der Waals surface area contributed by atoms with Crippen molar-refractivity contribution < 1.29 is 4.79 Å². The fourth-order valence-corrected chi connectivity index (χ4v) is 4.28. The summed E-state index contributed by atoms with van der Waals surface area (Å²) in [6.07, 6.45) is 4.01. The van der Waals surface area contributed by atoms with Crippen LogP contribution in [-0.2, 0) is 0 Å². The first-order valence-electron chi connectivity index (χ1n) is 10.6. The molecule has 0 unspecified atom stereocenters. The fraction of sp³-hybridized carbons (Fsp3) is 0.280. The van der Waals surface area contributed by atoms with Crippen molar-refractivity contribution in [1.82, 2.24) is 4.98 Å². The topological polar surface area (TPSA) is 45.2 Å². The molecule has 0 bridgehead atoms. The first-order valence-corrected chi connectivity index (χ1v) is 11.9. The molecule has 3 rings (SSSR count). The molecule has 3 aromatic rings. The number of hydrogen-bond acceptors (Lipinski definition) is 4. The highest BCUT2D eigenvalue weighted by atomic mass is 35.5. The third kappa shape index (κ3) is 6.25. The zero-order valence-corrected chi connectivity index (χ0v) is 19.8. The summed E-state index contributed by atoms with van der Waals surface area (Å²) in [6.45, 7) is 7.33. The zero-order chi connectivity index (χ0) is 22.2. The van der Waals surface area contributed by atoms with E-state index in [0.717, 1.165) is 47.6 Å². The van der Waals surface area contributed by atoms with Gasteiger partial charge in [0.05, 0.1) is 10.7 Å². The third-order valence-electron chi connectivity index (χ3n) is 4.71. The highest BCUT2D eigenvalue weighted by Crippen LogP contribution is 2.30. The number of nitrogens with one attached hydrogen (secondary N) is 1. The van der Waals surface area contributed by atoms with Crippen molar-refractivity contribution in [2.75, 3.05) is 21.9 Å². The molecule has 0 radical (unpaired) electrons. The van der Waals surface area contributed by atoms with Gasteiger partial charge in [-0.2, -0.15) is 0 Å². The molecule has 6 heteroatoms. The summed E-state index contributed by atoms with van der Waals surface area (Å²) in [5.74, 6) is 0.928. The minimum atomic E-state index is -0.153. The van der Waals surface area contributed by atoms with Gasteiger partial charge in [0, 0.05) is 41.0 Å². The number of carbonyl (C=O) groups excluding carboxylic acids is 1. The average Bonchev–Trinajstić information content (AvgIpc) is 2.78. The van der Waals surface area contributed by atoms with Gasteiger partial charge in [0.15, 0.2) is 0 Å². The van der Waals surface area contributed by atoms with Crippen LogP contribution in [0, 0.1) is 6.92 Å². The molecule has 4 nitrogen and oxygen atoms in total. The van der Waals surface area contributed by atoms with Gasteiger partial charge in [0.25, 0.3) is 5.91 Å². The summed E-state index contributed by atoms with van der Waals surface area (Å²) < 4.78 is 2.30. The second-order valence-corrected chi connectivity index (χ2v) is 8.87. The van der Waals surface area contributed by atoms with Crippen LogP contribution < -0.4 is 9.62 Å². The number of amides is 1. The Kier molecular flexibility index (Phi) is 8.38. The molecule has 2 aromatic carbocycles. The Hall–Kier alpha value is -2.50. The van der Waals surface area contributed by atoms with Crippen LogP contribution in [0.4, 0.5) is 11.4 Å². The van der Waals surface area contributed by atoms with Gasteiger partial charge < -0.3 is 9.62 Å². The van der Waals surface area contributed by atoms with E-state index in [1.165, 1.54) is 0 Å². The lowest BCUT2D eigenvalue weighted by molar-refractivity contribution is 0.102. The monoisotopic (exact) mass is 453 g/mol.